The molecule has 3 unspecified atom stereocenters. The Hall–Kier alpha value is -3.06. The Morgan fingerprint density at radius 2 is 1.57 bits per heavy atom. The fraction of sp³-hybridized carbons (Fsp3) is 0.531. The van der Waals surface area contributed by atoms with E-state index in [-0.39, 0.29) is 23.8 Å². The average Bonchev–Trinajstić information content (AvgIpc) is 2.84. The van der Waals surface area contributed by atoms with Crippen LogP contribution in [0, 0.1) is 26.7 Å². The first-order chi connectivity index (χ1) is 18.6. The number of para-hydroxylation sites is 1. The monoisotopic (exact) mass is 571 g/mol. The Balaban J connectivity index is 2.67. The smallest absolute Gasteiger partial charge is 0.408 e. The van der Waals surface area contributed by atoms with Crippen molar-refractivity contribution in [3.63, 3.8) is 0 Å². The summed E-state index contributed by atoms with van der Waals surface area (Å²) in [6, 6.07) is 9.00. The number of nitrogens with zero attached hydrogens (tertiary/aromatic N) is 1. The van der Waals surface area contributed by atoms with Crippen LogP contribution in [0.4, 0.5) is 10.5 Å². The third-order valence-electron chi connectivity index (χ3n) is 6.95. The molecule has 2 aromatic rings. The molecular weight excluding hydrogens is 526 g/mol. The number of ether oxygens (including phenoxy) is 1. The molecule has 7 nitrogen and oxygen atoms in total. The first-order valence-corrected chi connectivity index (χ1v) is 14.4. The third kappa shape index (κ3) is 8.72. The van der Waals surface area contributed by atoms with Gasteiger partial charge in [-0.3, -0.25) is 9.59 Å². The van der Waals surface area contributed by atoms with E-state index in [2.05, 4.69) is 10.6 Å². The van der Waals surface area contributed by atoms with E-state index in [0.29, 0.717) is 23.6 Å². The molecule has 2 aromatic carbocycles. The number of hydrogen-bond acceptors (Lipinski definition) is 4. The number of amides is 3. The van der Waals surface area contributed by atoms with Crippen LogP contribution in [0.1, 0.15) is 89.6 Å². The van der Waals surface area contributed by atoms with Gasteiger partial charge in [0.05, 0.1) is 10.7 Å². The lowest BCUT2D eigenvalue weighted by Gasteiger charge is -2.39. The lowest BCUT2D eigenvalue weighted by atomic mass is 9.92. The van der Waals surface area contributed by atoms with E-state index < -0.39 is 23.8 Å². The van der Waals surface area contributed by atoms with Gasteiger partial charge in [0.2, 0.25) is 5.91 Å². The van der Waals surface area contributed by atoms with E-state index in [9.17, 15) is 14.4 Å². The normalized spacial score (nSPS) is 13.8. The highest BCUT2D eigenvalue weighted by atomic mass is 35.5. The van der Waals surface area contributed by atoms with Crippen LogP contribution in [-0.4, -0.2) is 40.5 Å². The Morgan fingerprint density at radius 1 is 0.975 bits per heavy atom. The fourth-order valence-corrected chi connectivity index (χ4v) is 4.86. The lowest BCUT2D eigenvalue weighted by Crippen LogP contribution is -2.55. The van der Waals surface area contributed by atoms with Crippen LogP contribution >= 0.6 is 11.6 Å². The van der Waals surface area contributed by atoms with E-state index in [1.165, 1.54) is 0 Å². The van der Waals surface area contributed by atoms with Gasteiger partial charge < -0.3 is 20.3 Å². The maximum atomic E-state index is 14.4. The Bertz CT molecular complexity index is 1180. The molecule has 0 aliphatic rings. The molecule has 0 heterocycles. The maximum absolute atomic E-state index is 14.4. The van der Waals surface area contributed by atoms with Gasteiger partial charge in [0.25, 0.3) is 5.91 Å². The van der Waals surface area contributed by atoms with Crippen molar-refractivity contribution in [2.75, 3.05) is 5.32 Å². The molecule has 0 fully saturated rings. The molecule has 8 heteroatoms. The summed E-state index contributed by atoms with van der Waals surface area (Å²) < 4.78 is 5.48. The number of hydrogen-bond donors (Lipinski definition) is 2. The van der Waals surface area contributed by atoms with Gasteiger partial charge in [-0.05, 0) is 95.5 Å². The van der Waals surface area contributed by atoms with Crippen LogP contribution in [0.3, 0.4) is 0 Å². The lowest BCUT2D eigenvalue weighted by molar-refractivity contribution is -0.143. The first-order valence-electron chi connectivity index (χ1n) is 14.0. The van der Waals surface area contributed by atoms with Gasteiger partial charge in [-0.15, -0.1) is 0 Å². The van der Waals surface area contributed by atoms with E-state index in [1.54, 1.807) is 31.7 Å². The average molecular weight is 572 g/mol. The van der Waals surface area contributed by atoms with Crippen LogP contribution in [0.5, 0.6) is 0 Å². The van der Waals surface area contributed by atoms with Crippen LogP contribution < -0.4 is 10.6 Å². The largest absolute Gasteiger partial charge is 0.444 e. The number of alkyl carbamates (subject to hydrolysis) is 1. The zero-order chi connectivity index (χ0) is 30.4. The van der Waals surface area contributed by atoms with Crippen LogP contribution in [0.15, 0.2) is 36.4 Å². The van der Waals surface area contributed by atoms with Gasteiger partial charge in [-0.25, -0.2) is 4.79 Å². The van der Waals surface area contributed by atoms with E-state index in [1.807, 2.05) is 78.8 Å². The van der Waals surface area contributed by atoms with Gasteiger partial charge in [-0.2, -0.15) is 0 Å². The van der Waals surface area contributed by atoms with Crippen LogP contribution in [-0.2, 0) is 14.3 Å². The molecular formula is C32H46ClN3O4. The zero-order valence-corrected chi connectivity index (χ0v) is 26.4. The minimum Gasteiger partial charge on any atom is -0.444 e. The summed E-state index contributed by atoms with van der Waals surface area (Å²) in [7, 11) is 0. The highest BCUT2D eigenvalue weighted by Crippen LogP contribution is 2.33. The molecule has 220 valence electrons. The van der Waals surface area contributed by atoms with E-state index in [0.717, 1.165) is 22.3 Å². The molecule has 0 aromatic heterocycles. The fourth-order valence-electron chi connectivity index (χ4n) is 4.59. The third-order valence-corrected chi connectivity index (χ3v) is 7.27. The molecule has 40 heavy (non-hydrogen) atoms. The van der Waals surface area contributed by atoms with Gasteiger partial charge in [0.1, 0.15) is 17.7 Å². The number of rotatable bonds is 10. The topological polar surface area (TPSA) is 87.7 Å². The molecule has 0 saturated heterocycles. The summed E-state index contributed by atoms with van der Waals surface area (Å²) in [4.78, 5) is 43.1. The molecule has 2 N–H and O–H groups in total. The molecule has 0 saturated carbocycles. The molecule has 0 spiro atoms. The van der Waals surface area contributed by atoms with Crippen molar-refractivity contribution in [3.8, 4) is 0 Å². The molecule has 0 radical (unpaired) electrons. The number of benzene rings is 2. The van der Waals surface area contributed by atoms with Crippen LogP contribution in [0.2, 0.25) is 5.02 Å². The summed E-state index contributed by atoms with van der Waals surface area (Å²) in [6.45, 7) is 19.0. The number of anilines is 1. The van der Waals surface area contributed by atoms with Gasteiger partial charge >= 0.3 is 6.09 Å². The minimum absolute atomic E-state index is 0.0985. The van der Waals surface area contributed by atoms with Crippen molar-refractivity contribution >= 4 is 35.2 Å². The summed E-state index contributed by atoms with van der Waals surface area (Å²) in [5.41, 5.74) is 3.24. The second-order valence-corrected chi connectivity index (χ2v) is 12.4. The predicted octanol–water partition coefficient (Wildman–Crippen LogP) is 7.51. The minimum atomic E-state index is -0.965. The summed E-state index contributed by atoms with van der Waals surface area (Å²) in [5.74, 6) is -0.619. The highest BCUT2D eigenvalue weighted by molar-refractivity contribution is 6.34. The summed E-state index contributed by atoms with van der Waals surface area (Å²) >= 11 is 6.47. The van der Waals surface area contributed by atoms with Crippen molar-refractivity contribution in [1.29, 1.82) is 0 Å². The molecule has 3 atom stereocenters. The Labute approximate surface area is 245 Å². The summed E-state index contributed by atoms with van der Waals surface area (Å²) in [5, 5.41) is 6.23. The second-order valence-electron chi connectivity index (χ2n) is 11.9. The zero-order valence-electron chi connectivity index (χ0n) is 25.6. The standard InChI is InChI=1S/C32H46ClN3O4/c1-11-22(6)36(30(38)26(18-19(2)3)34-31(39)40-32(8,9)10)28(24-16-12-14-20(4)23(24)7)29(37)35-27-21(5)15-13-17-25(27)33/h12-17,19,22,26,28H,11,18H2,1-10H3,(H,34,39)(H,35,37). The quantitative estimate of drug-likeness (QED) is 0.309. The second kappa shape index (κ2) is 14.0. The predicted molar refractivity (Wildman–Crippen MR) is 163 cm³/mol. The first kappa shape index (κ1) is 33.1. The van der Waals surface area contributed by atoms with Gasteiger partial charge in [-0.1, -0.05) is 62.7 Å². The van der Waals surface area contributed by atoms with Crippen molar-refractivity contribution in [1.82, 2.24) is 10.2 Å². The van der Waals surface area contributed by atoms with Gasteiger partial charge in [0.15, 0.2) is 0 Å². The highest BCUT2D eigenvalue weighted by Gasteiger charge is 2.39. The number of carbonyl (C=O) groups is 3. The van der Waals surface area contributed by atoms with Gasteiger partial charge in [0, 0.05) is 6.04 Å². The van der Waals surface area contributed by atoms with Crippen LogP contribution in [0.25, 0.3) is 0 Å². The SMILES string of the molecule is CCC(C)N(C(=O)C(CC(C)C)NC(=O)OC(C)(C)C)C(C(=O)Nc1c(C)cccc1Cl)c1cccc(C)c1C. The molecule has 3 amide bonds. The Kier molecular flexibility index (Phi) is 11.6. The molecule has 0 aliphatic heterocycles. The molecule has 0 bridgehead atoms. The maximum Gasteiger partial charge on any atom is 0.408 e. The van der Waals surface area contributed by atoms with E-state index >= 15 is 0 Å². The Morgan fingerprint density at radius 3 is 2.12 bits per heavy atom. The molecule has 2 rings (SSSR count). The van der Waals surface area contributed by atoms with Crippen molar-refractivity contribution in [2.45, 2.75) is 106 Å². The number of halogens is 1. The number of nitrogens with one attached hydrogen (secondary N) is 2. The number of carbonyl (C=O) groups excluding carboxylic acids is 3. The van der Waals surface area contributed by atoms with Crippen molar-refractivity contribution in [3.05, 3.63) is 63.7 Å². The molecule has 0 aliphatic carbocycles. The summed E-state index contributed by atoms with van der Waals surface area (Å²) in [6.07, 6.45) is 0.317. The number of aryl methyl sites for hydroxylation is 2. The van der Waals surface area contributed by atoms with Crippen molar-refractivity contribution in [2.24, 2.45) is 5.92 Å². The van der Waals surface area contributed by atoms with Crippen molar-refractivity contribution < 1.29 is 19.1 Å². The van der Waals surface area contributed by atoms with E-state index in [4.69, 9.17) is 16.3 Å².